The molecule has 0 saturated heterocycles. The SMILES string of the molecule is O=C(Nc1ccc(SC2CCCC2)cc1)c1cc2ccccc2c(=O)[nH]1. The molecular weight excluding hydrogens is 344 g/mol. The fourth-order valence-electron chi connectivity index (χ4n) is 3.35. The van der Waals surface area contributed by atoms with Gasteiger partial charge in [-0.05, 0) is 54.6 Å². The molecule has 1 aliphatic carbocycles. The van der Waals surface area contributed by atoms with Gasteiger partial charge in [0.15, 0.2) is 0 Å². The summed E-state index contributed by atoms with van der Waals surface area (Å²) in [6, 6.07) is 16.8. The average molecular weight is 364 g/mol. The van der Waals surface area contributed by atoms with Crippen LogP contribution in [0.2, 0.25) is 0 Å². The summed E-state index contributed by atoms with van der Waals surface area (Å²) in [5.74, 6) is -0.316. The standard InChI is InChI=1S/C21H20N2O2S/c24-20-18-8-4-1-5-14(18)13-19(23-20)21(25)22-15-9-11-17(12-10-15)26-16-6-2-3-7-16/h1,4-5,8-13,16H,2-3,6-7H2,(H,22,25)(H,23,24). The fourth-order valence-corrected chi connectivity index (χ4v) is 4.59. The highest BCUT2D eigenvalue weighted by Crippen LogP contribution is 2.34. The summed E-state index contributed by atoms with van der Waals surface area (Å²) in [6.07, 6.45) is 5.24. The van der Waals surface area contributed by atoms with Crippen molar-refractivity contribution in [2.75, 3.05) is 5.32 Å². The lowest BCUT2D eigenvalue weighted by Crippen LogP contribution is -2.18. The van der Waals surface area contributed by atoms with Crippen molar-refractivity contribution in [1.82, 2.24) is 4.98 Å². The van der Waals surface area contributed by atoms with Crippen LogP contribution in [0.15, 0.2) is 64.3 Å². The summed E-state index contributed by atoms with van der Waals surface area (Å²) in [5, 5.41) is 4.91. The molecule has 0 unspecified atom stereocenters. The number of fused-ring (bicyclic) bond motifs is 1. The highest BCUT2D eigenvalue weighted by atomic mass is 32.2. The van der Waals surface area contributed by atoms with E-state index in [4.69, 9.17) is 0 Å². The minimum atomic E-state index is -0.316. The maximum absolute atomic E-state index is 12.5. The largest absolute Gasteiger partial charge is 0.321 e. The van der Waals surface area contributed by atoms with Crippen LogP contribution in [-0.2, 0) is 0 Å². The fraction of sp³-hybridized carbons (Fsp3) is 0.238. The molecule has 0 aliphatic heterocycles. The highest BCUT2D eigenvalue weighted by molar-refractivity contribution is 8.00. The highest BCUT2D eigenvalue weighted by Gasteiger charge is 2.16. The van der Waals surface area contributed by atoms with Crippen LogP contribution in [0.3, 0.4) is 0 Å². The van der Waals surface area contributed by atoms with Crippen molar-refractivity contribution in [3.8, 4) is 0 Å². The van der Waals surface area contributed by atoms with Crippen LogP contribution in [0.25, 0.3) is 10.8 Å². The lowest BCUT2D eigenvalue weighted by atomic mass is 10.1. The van der Waals surface area contributed by atoms with Gasteiger partial charge >= 0.3 is 0 Å². The van der Waals surface area contributed by atoms with Crippen molar-refractivity contribution < 1.29 is 4.79 Å². The smallest absolute Gasteiger partial charge is 0.272 e. The topological polar surface area (TPSA) is 62.0 Å². The van der Waals surface area contributed by atoms with Gasteiger partial charge in [-0.2, -0.15) is 0 Å². The molecule has 1 aromatic heterocycles. The van der Waals surface area contributed by atoms with Gasteiger partial charge in [0.2, 0.25) is 0 Å². The molecular formula is C21H20N2O2S. The van der Waals surface area contributed by atoms with Gasteiger partial charge in [0.25, 0.3) is 11.5 Å². The van der Waals surface area contributed by atoms with Crippen LogP contribution in [0.1, 0.15) is 36.2 Å². The number of carbonyl (C=O) groups is 1. The molecule has 0 atom stereocenters. The molecule has 1 saturated carbocycles. The first kappa shape index (κ1) is 16.9. The summed E-state index contributed by atoms with van der Waals surface area (Å²) in [7, 11) is 0. The van der Waals surface area contributed by atoms with E-state index in [0.717, 1.165) is 16.3 Å². The maximum atomic E-state index is 12.5. The first-order valence-electron chi connectivity index (χ1n) is 8.89. The van der Waals surface area contributed by atoms with E-state index in [0.29, 0.717) is 5.39 Å². The number of aromatic nitrogens is 1. The molecule has 0 radical (unpaired) electrons. The van der Waals surface area contributed by atoms with E-state index in [2.05, 4.69) is 10.3 Å². The zero-order valence-corrected chi connectivity index (χ0v) is 15.1. The first-order chi connectivity index (χ1) is 12.7. The van der Waals surface area contributed by atoms with Gasteiger partial charge in [-0.3, -0.25) is 9.59 Å². The summed E-state index contributed by atoms with van der Waals surface area (Å²) in [6.45, 7) is 0. The monoisotopic (exact) mass is 364 g/mol. The van der Waals surface area contributed by atoms with Crippen molar-refractivity contribution in [3.63, 3.8) is 0 Å². The minimum absolute atomic E-state index is 0.253. The molecule has 1 amide bonds. The Morgan fingerprint density at radius 1 is 1.04 bits per heavy atom. The number of thioether (sulfide) groups is 1. The van der Waals surface area contributed by atoms with Crippen LogP contribution >= 0.6 is 11.8 Å². The number of hydrogen-bond donors (Lipinski definition) is 2. The zero-order valence-electron chi connectivity index (χ0n) is 14.3. The van der Waals surface area contributed by atoms with Gasteiger partial charge in [0.05, 0.1) is 0 Å². The lowest BCUT2D eigenvalue weighted by Gasteiger charge is -2.10. The second-order valence-electron chi connectivity index (χ2n) is 6.60. The third-order valence-electron chi connectivity index (χ3n) is 4.72. The van der Waals surface area contributed by atoms with Crippen molar-refractivity contribution in [2.45, 2.75) is 35.8 Å². The Morgan fingerprint density at radius 2 is 1.77 bits per heavy atom. The summed E-state index contributed by atoms with van der Waals surface area (Å²) in [4.78, 5) is 28.5. The van der Waals surface area contributed by atoms with Gasteiger partial charge < -0.3 is 10.3 Å². The molecule has 26 heavy (non-hydrogen) atoms. The third-order valence-corrected chi connectivity index (χ3v) is 6.06. The van der Waals surface area contributed by atoms with Crippen LogP contribution < -0.4 is 10.9 Å². The van der Waals surface area contributed by atoms with Crippen molar-refractivity contribution in [3.05, 3.63) is 70.6 Å². The Bertz CT molecular complexity index is 989. The van der Waals surface area contributed by atoms with E-state index >= 15 is 0 Å². The third kappa shape index (κ3) is 3.68. The minimum Gasteiger partial charge on any atom is -0.321 e. The van der Waals surface area contributed by atoms with E-state index in [1.807, 2.05) is 54.2 Å². The molecule has 1 fully saturated rings. The number of carbonyl (C=O) groups excluding carboxylic acids is 1. The average Bonchev–Trinajstić information content (AvgIpc) is 3.16. The summed E-state index contributed by atoms with van der Waals surface area (Å²) >= 11 is 1.92. The molecule has 1 aliphatic rings. The summed E-state index contributed by atoms with van der Waals surface area (Å²) in [5.41, 5.74) is 0.731. The molecule has 2 N–H and O–H groups in total. The predicted molar refractivity (Wildman–Crippen MR) is 107 cm³/mol. The molecule has 5 heteroatoms. The van der Waals surface area contributed by atoms with Gasteiger partial charge in [0.1, 0.15) is 5.69 Å². The van der Waals surface area contributed by atoms with Crippen LogP contribution in [0, 0.1) is 0 Å². The molecule has 0 bridgehead atoms. The van der Waals surface area contributed by atoms with E-state index in [1.54, 1.807) is 12.1 Å². The first-order valence-corrected chi connectivity index (χ1v) is 9.77. The van der Waals surface area contributed by atoms with Crippen LogP contribution in [-0.4, -0.2) is 16.1 Å². The number of H-pyrrole nitrogens is 1. The quantitative estimate of drug-likeness (QED) is 0.698. The Hall–Kier alpha value is -2.53. The Morgan fingerprint density at radius 3 is 2.54 bits per heavy atom. The van der Waals surface area contributed by atoms with Gasteiger partial charge in [-0.15, -0.1) is 11.8 Å². The van der Waals surface area contributed by atoms with E-state index in [9.17, 15) is 9.59 Å². The van der Waals surface area contributed by atoms with E-state index in [1.165, 1.54) is 30.6 Å². The number of anilines is 1. The molecule has 1 heterocycles. The Balaban J connectivity index is 1.48. The van der Waals surface area contributed by atoms with Crippen LogP contribution in [0.5, 0.6) is 0 Å². The number of hydrogen-bond acceptors (Lipinski definition) is 3. The molecule has 4 nitrogen and oxygen atoms in total. The maximum Gasteiger partial charge on any atom is 0.272 e. The second kappa shape index (κ2) is 7.38. The molecule has 4 rings (SSSR count). The Kier molecular flexibility index (Phi) is 4.80. The number of rotatable bonds is 4. The number of nitrogens with one attached hydrogen (secondary N) is 2. The summed E-state index contributed by atoms with van der Waals surface area (Å²) < 4.78 is 0. The number of pyridine rings is 1. The number of aromatic amines is 1. The second-order valence-corrected chi connectivity index (χ2v) is 7.98. The van der Waals surface area contributed by atoms with Gasteiger partial charge in [0, 0.05) is 21.2 Å². The van der Waals surface area contributed by atoms with E-state index in [-0.39, 0.29) is 17.2 Å². The zero-order chi connectivity index (χ0) is 17.9. The van der Waals surface area contributed by atoms with Gasteiger partial charge in [-0.25, -0.2) is 0 Å². The number of benzene rings is 2. The normalized spacial score (nSPS) is 14.6. The van der Waals surface area contributed by atoms with E-state index < -0.39 is 0 Å². The van der Waals surface area contributed by atoms with Crippen molar-refractivity contribution in [2.24, 2.45) is 0 Å². The number of amides is 1. The van der Waals surface area contributed by atoms with Crippen LogP contribution in [0.4, 0.5) is 5.69 Å². The lowest BCUT2D eigenvalue weighted by molar-refractivity contribution is 0.102. The van der Waals surface area contributed by atoms with Crippen molar-refractivity contribution in [1.29, 1.82) is 0 Å². The van der Waals surface area contributed by atoms with Gasteiger partial charge in [-0.1, -0.05) is 31.0 Å². The van der Waals surface area contributed by atoms with Crippen molar-refractivity contribution >= 4 is 34.1 Å². The predicted octanol–water partition coefficient (Wildman–Crippen LogP) is 4.82. The Labute approximate surface area is 156 Å². The molecule has 2 aromatic carbocycles. The molecule has 132 valence electrons. The molecule has 3 aromatic rings. The molecule has 0 spiro atoms.